The van der Waals surface area contributed by atoms with Gasteiger partial charge < -0.3 is 10.5 Å². The second-order valence-electron chi connectivity index (χ2n) is 3.68. The van der Waals surface area contributed by atoms with Gasteiger partial charge in [0.25, 0.3) is 0 Å². The standard InChI is InChI=1S/C14H14FNO/c15-13-5-1-3-11(9-13)12-4-2-6-14(10-12)17-8-7-16/h1-6,9-10H,7-8,16H2. The lowest BCUT2D eigenvalue weighted by molar-refractivity contribution is 0.328. The average Bonchev–Trinajstić information content (AvgIpc) is 2.37. The Bertz CT molecular complexity index is 499. The number of halogens is 1. The van der Waals surface area contributed by atoms with Gasteiger partial charge in [-0.3, -0.25) is 0 Å². The maximum atomic E-state index is 13.1. The minimum absolute atomic E-state index is 0.240. The van der Waals surface area contributed by atoms with Gasteiger partial charge in [-0.1, -0.05) is 24.3 Å². The molecule has 0 aliphatic carbocycles. The first-order valence-corrected chi connectivity index (χ1v) is 5.48. The van der Waals surface area contributed by atoms with Crippen LogP contribution in [0.1, 0.15) is 0 Å². The summed E-state index contributed by atoms with van der Waals surface area (Å²) < 4.78 is 18.5. The van der Waals surface area contributed by atoms with Crippen LogP contribution in [-0.4, -0.2) is 13.2 Å². The van der Waals surface area contributed by atoms with Crippen LogP contribution in [0.25, 0.3) is 11.1 Å². The van der Waals surface area contributed by atoms with Crippen LogP contribution < -0.4 is 10.5 Å². The van der Waals surface area contributed by atoms with E-state index in [4.69, 9.17) is 10.5 Å². The summed E-state index contributed by atoms with van der Waals surface area (Å²) in [6.07, 6.45) is 0. The van der Waals surface area contributed by atoms with Crippen LogP contribution in [-0.2, 0) is 0 Å². The summed E-state index contributed by atoms with van der Waals surface area (Å²) in [5.74, 6) is 0.507. The SMILES string of the molecule is NCCOc1cccc(-c2cccc(F)c2)c1. The minimum Gasteiger partial charge on any atom is -0.492 e. The molecule has 0 heterocycles. The van der Waals surface area contributed by atoms with Crippen LogP contribution in [0, 0.1) is 5.82 Å². The predicted molar refractivity (Wildman–Crippen MR) is 66.4 cm³/mol. The molecule has 17 heavy (non-hydrogen) atoms. The highest BCUT2D eigenvalue weighted by Gasteiger charge is 2.01. The van der Waals surface area contributed by atoms with Gasteiger partial charge in [0.2, 0.25) is 0 Å². The molecule has 0 unspecified atom stereocenters. The van der Waals surface area contributed by atoms with Crippen molar-refractivity contribution < 1.29 is 9.13 Å². The number of hydrogen-bond acceptors (Lipinski definition) is 2. The Morgan fingerprint density at radius 2 is 1.71 bits per heavy atom. The van der Waals surface area contributed by atoms with Crippen molar-refractivity contribution in [2.75, 3.05) is 13.2 Å². The zero-order valence-electron chi connectivity index (χ0n) is 9.40. The molecule has 2 aromatic carbocycles. The molecule has 2 N–H and O–H groups in total. The molecule has 0 aliphatic rings. The molecule has 0 atom stereocenters. The van der Waals surface area contributed by atoms with Crippen LogP contribution in [0.15, 0.2) is 48.5 Å². The van der Waals surface area contributed by atoms with E-state index in [1.807, 2.05) is 30.3 Å². The summed E-state index contributed by atoms with van der Waals surface area (Å²) in [5.41, 5.74) is 7.14. The number of rotatable bonds is 4. The summed E-state index contributed by atoms with van der Waals surface area (Å²) in [7, 11) is 0. The molecule has 0 amide bonds. The second-order valence-corrected chi connectivity index (χ2v) is 3.68. The second kappa shape index (κ2) is 5.46. The van der Waals surface area contributed by atoms with Crippen molar-refractivity contribution in [1.82, 2.24) is 0 Å². The molecule has 2 rings (SSSR count). The van der Waals surface area contributed by atoms with Gasteiger partial charge in [-0.25, -0.2) is 4.39 Å². The molecule has 0 aromatic heterocycles. The smallest absolute Gasteiger partial charge is 0.123 e. The maximum absolute atomic E-state index is 13.1. The van der Waals surface area contributed by atoms with Gasteiger partial charge >= 0.3 is 0 Å². The fraction of sp³-hybridized carbons (Fsp3) is 0.143. The molecule has 0 radical (unpaired) electrons. The largest absolute Gasteiger partial charge is 0.492 e. The van der Waals surface area contributed by atoms with E-state index in [-0.39, 0.29) is 5.82 Å². The number of ether oxygens (including phenoxy) is 1. The molecular weight excluding hydrogens is 217 g/mol. The fourth-order valence-corrected chi connectivity index (χ4v) is 1.61. The number of benzene rings is 2. The van der Waals surface area contributed by atoms with E-state index < -0.39 is 0 Å². The predicted octanol–water partition coefficient (Wildman–Crippen LogP) is 2.83. The van der Waals surface area contributed by atoms with Crippen molar-refractivity contribution in [2.45, 2.75) is 0 Å². The lowest BCUT2D eigenvalue weighted by Crippen LogP contribution is -2.10. The lowest BCUT2D eigenvalue weighted by Gasteiger charge is -2.07. The van der Waals surface area contributed by atoms with E-state index in [1.165, 1.54) is 12.1 Å². The first kappa shape index (κ1) is 11.6. The Hall–Kier alpha value is -1.87. The third-order valence-corrected chi connectivity index (χ3v) is 2.38. The zero-order chi connectivity index (χ0) is 12.1. The molecule has 2 aromatic rings. The van der Waals surface area contributed by atoms with Crippen molar-refractivity contribution >= 4 is 0 Å². The minimum atomic E-state index is -0.240. The summed E-state index contributed by atoms with van der Waals surface area (Å²) in [5, 5.41) is 0. The Labute approximate surface area is 99.8 Å². The molecule has 2 nitrogen and oxygen atoms in total. The molecule has 0 bridgehead atoms. The Morgan fingerprint density at radius 1 is 1.00 bits per heavy atom. The van der Waals surface area contributed by atoms with Gasteiger partial charge in [-0.05, 0) is 35.4 Å². The van der Waals surface area contributed by atoms with Crippen LogP contribution in [0.4, 0.5) is 4.39 Å². The van der Waals surface area contributed by atoms with Gasteiger partial charge in [-0.2, -0.15) is 0 Å². The topological polar surface area (TPSA) is 35.2 Å². The van der Waals surface area contributed by atoms with Gasteiger partial charge in [-0.15, -0.1) is 0 Å². The first-order chi connectivity index (χ1) is 8.29. The normalized spacial score (nSPS) is 10.2. The zero-order valence-corrected chi connectivity index (χ0v) is 9.40. The van der Waals surface area contributed by atoms with Crippen LogP contribution >= 0.6 is 0 Å². The van der Waals surface area contributed by atoms with Crippen molar-refractivity contribution in [1.29, 1.82) is 0 Å². The van der Waals surface area contributed by atoms with Crippen LogP contribution in [0.5, 0.6) is 5.75 Å². The highest BCUT2D eigenvalue weighted by atomic mass is 19.1. The van der Waals surface area contributed by atoms with E-state index in [9.17, 15) is 4.39 Å². The molecular formula is C14H14FNO. The fourth-order valence-electron chi connectivity index (χ4n) is 1.61. The van der Waals surface area contributed by atoms with Gasteiger partial charge in [0, 0.05) is 6.54 Å². The van der Waals surface area contributed by atoms with Crippen molar-refractivity contribution in [3.63, 3.8) is 0 Å². The van der Waals surface area contributed by atoms with E-state index in [2.05, 4.69) is 0 Å². The Kier molecular flexibility index (Phi) is 3.73. The van der Waals surface area contributed by atoms with E-state index in [0.717, 1.165) is 16.9 Å². The number of nitrogens with two attached hydrogens (primary N) is 1. The summed E-state index contributed by atoms with van der Waals surface area (Å²) >= 11 is 0. The Morgan fingerprint density at radius 3 is 2.41 bits per heavy atom. The van der Waals surface area contributed by atoms with Crippen molar-refractivity contribution in [2.24, 2.45) is 5.73 Å². The summed E-state index contributed by atoms with van der Waals surface area (Å²) in [6.45, 7) is 0.955. The van der Waals surface area contributed by atoms with E-state index in [1.54, 1.807) is 6.07 Å². The maximum Gasteiger partial charge on any atom is 0.123 e. The molecule has 0 saturated carbocycles. The van der Waals surface area contributed by atoms with Gasteiger partial charge in [0.15, 0.2) is 0 Å². The van der Waals surface area contributed by atoms with Crippen molar-refractivity contribution in [3.8, 4) is 16.9 Å². The third-order valence-electron chi connectivity index (χ3n) is 2.38. The van der Waals surface area contributed by atoms with E-state index in [0.29, 0.717) is 13.2 Å². The molecule has 3 heteroatoms. The van der Waals surface area contributed by atoms with Crippen LogP contribution in [0.2, 0.25) is 0 Å². The summed E-state index contributed by atoms with van der Waals surface area (Å²) in [4.78, 5) is 0. The quantitative estimate of drug-likeness (QED) is 0.878. The lowest BCUT2D eigenvalue weighted by atomic mass is 10.1. The average molecular weight is 231 g/mol. The Balaban J connectivity index is 2.26. The molecule has 0 aliphatic heterocycles. The molecule has 0 fully saturated rings. The van der Waals surface area contributed by atoms with Gasteiger partial charge in [0.1, 0.15) is 18.2 Å². The molecule has 0 saturated heterocycles. The van der Waals surface area contributed by atoms with Crippen molar-refractivity contribution in [3.05, 3.63) is 54.3 Å². The molecule has 0 spiro atoms. The first-order valence-electron chi connectivity index (χ1n) is 5.48. The highest BCUT2D eigenvalue weighted by Crippen LogP contribution is 2.24. The highest BCUT2D eigenvalue weighted by molar-refractivity contribution is 5.64. The molecule has 88 valence electrons. The van der Waals surface area contributed by atoms with Crippen LogP contribution in [0.3, 0.4) is 0 Å². The monoisotopic (exact) mass is 231 g/mol. The summed E-state index contributed by atoms with van der Waals surface area (Å²) in [6, 6.07) is 14.0. The van der Waals surface area contributed by atoms with E-state index >= 15 is 0 Å². The number of hydrogen-bond donors (Lipinski definition) is 1. The third kappa shape index (κ3) is 3.04. The van der Waals surface area contributed by atoms with Gasteiger partial charge in [0.05, 0.1) is 0 Å².